The predicted molar refractivity (Wildman–Crippen MR) is 110 cm³/mol. The minimum absolute atomic E-state index is 0.154. The second-order valence-corrected chi connectivity index (χ2v) is 7.85. The molecule has 0 spiro atoms. The van der Waals surface area contributed by atoms with Crippen molar-refractivity contribution in [3.63, 3.8) is 0 Å². The van der Waals surface area contributed by atoms with Gasteiger partial charge in [-0.3, -0.25) is 0 Å². The summed E-state index contributed by atoms with van der Waals surface area (Å²) in [4.78, 5) is 18.6. The van der Waals surface area contributed by atoms with Crippen LogP contribution in [0.2, 0.25) is 5.28 Å². The molecule has 0 saturated heterocycles. The number of rotatable bonds is 4. The number of aromatic nitrogens is 8. The standard InChI is InChI=1S/C8H7ClN4S.C8H9N5S/c2*1-2-5-3-10-7(14-5)6-4-11-8(9)13-12-6/h3-4H,2H2,1H3;3-4H,2H2,1H3,(H2,9,11,13). The lowest BCUT2D eigenvalue weighted by Crippen LogP contribution is -1.97. The third-order valence-electron chi connectivity index (χ3n) is 3.36. The van der Waals surface area contributed by atoms with Crippen LogP contribution in [-0.2, 0) is 12.8 Å². The number of thiazole rings is 2. The zero-order valence-electron chi connectivity index (χ0n) is 15.1. The van der Waals surface area contributed by atoms with E-state index in [1.165, 1.54) is 9.75 Å². The number of halogens is 1. The summed E-state index contributed by atoms with van der Waals surface area (Å²) in [5.74, 6) is 0.182. The van der Waals surface area contributed by atoms with Crippen molar-refractivity contribution in [2.45, 2.75) is 26.7 Å². The van der Waals surface area contributed by atoms with Crippen LogP contribution in [0.3, 0.4) is 0 Å². The number of hydrogen-bond donors (Lipinski definition) is 1. The van der Waals surface area contributed by atoms with Gasteiger partial charge in [0.15, 0.2) is 0 Å². The molecule has 144 valence electrons. The Kier molecular flexibility index (Phi) is 6.85. The number of aryl methyl sites for hydroxylation is 2. The molecule has 4 rings (SSSR count). The maximum Gasteiger partial charge on any atom is 0.242 e. The van der Waals surface area contributed by atoms with Crippen molar-refractivity contribution in [2.75, 3.05) is 5.73 Å². The number of nitrogens with two attached hydrogens (primary N) is 1. The summed E-state index contributed by atoms with van der Waals surface area (Å²) in [5, 5.41) is 17.0. The smallest absolute Gasteiger partial charge is 0.242 e. The topological polar surface area (TPSA) is 129 Å². The summed E-state index contributed by atoms with van der Waals surface area (Å²) in [6, 6.07) is 0. The highest BCUT2D eigenvalue weighted by atomic mass is 35.5. The molecule has 0 amide bonds. The van der Waals surface area contributed by atoms with Gasteiger partial charge in [-0.25, -0.2) is 19.9 Å². The van der Waals surface area contributed by atoms with E-state index in [1.54, 1.807) is 35.1 Å². The fourth-order valence-electron chi connectivity index (χ4n) is 1.92. The SMILES string of the molecule is CCc1cnc(-c2cnc(Cl)nn2)s1.CCc1cnc(-c2cnc(N)nn2)s1. The summed E-state index contributed by atoms with van der Waals surface area (Å²) in [6.45, 7) is 4.17. The van der Waals surface area contributed by atoms with Gasteiger partial charge in [-0.15, -0.1) is 43.1 Å². The lowest BCUT2D eigenvalue weighted by Gasteiger charge is -1.92. The van der Waals surface area contributed by atoms with Gasteiger partial charge in [-0.05, 0) is 24.4 Å². The summed E-state index contributed by atoms with van der Waals surface area (Å²) in [6.07, 6.45) is 8.81. The number of nitrogens with zero attached hydrogens (tertiary/aromatic N) is 8. The molecule has 28 heavy (non-hydrogen) atoms. The summed E-state index contributed by atoms with van der Waals surface area (Å²) < 4.78 is 0. The molecule has 2 N–H and O–H groups in total. The molecule has 0 atom stereocenters. The molecular weight excluding hydrogens is 418 g/mol. The molecule has 4 heterocycles. The van der Waals surface area contributed by atoms with Gasteiger partial charge >= 0.3 is 0 Å². The molecule has 0 radical (unpaired) electrons. The molecule has 0 aliphatic rings. The minimum Gasteiger partial charge on any atom is -0.366 e. The average Bonchev–Trinajstić information content (AvgIpc) is 3.39. The van der Waals surface area contributed by atoms with E-state index in [1.807, 2.05) is 12.4 Å². The first-order valence-corrected chi connectivity index (χ1v) is 10.3. The lowest BCUT2D eigenvalue weighted by atomic mass is 10.4. The monoisotopic (exact) mass is 433 g/mol. The normalized spacial score (nSPS) is 10.4. The first-order valence-electron chi connectivity index (χ1n) is 8.29. The first-order chi connectivity index (χ1) is 13.6. The minimum atomic E-state index is 0.154. The van der Waals surface area contributed by atoms with Crippen molar-refractivity contribution in [1.29, 1.82) is 0 Å². The van der Waals surface area contributed by atoms with E-state index in [4.69, 9.17) is 17.3 Å². The molecule has 0 saturated carbocycles. The molecule has 4 aromatic rings. The van der Waals surface area contributed by atoms with E-state index >= 15 is 0 Å². The Morgan fingerprint density at radius 1 is 0.750 bits per heavy atom. The van der Waals surface area contributed by atoms with Gasteiger partial charge in [-0.1, -0.05) is 13.8 Å². The maximum absolute atomic E-state index is 5.53. The largest absolute Gasteiger partial charge is 0.366 e. The molecule has 9 nitrogen and oxygen atoms in total. The molecule has 12 heteroatoms. The molecule has 4 aromatic heterocycles. The molecule has 0 aliphatic heterocycles. The number of hydrogen-bond acceptors (Lipinski definition) is 11. The molecule has 0 aliphatic carbocycles. The van der Waals surface area contributed by atoms with E-state index in [-0.39, 0.29) is 11.2 Å². The number of nitrogen functional groups attached to an aromatic ring is 1. The molecule has 0 aromatic carbocycles. The fraction of sp³-hybridized carbons (Fsp3) is 0.250. The van der Waals surface area contributed by atoms with Gasteiger partial charge in [0.25, 0.3) is 0 Å². The predicted octanol–water partition coefficient (Wildman–Crippen LogP) is 3.35. The average molecular weight is 434 g/mol. The van der Waals surface area contributed by atoms with Crippen molar-refractivity contribution < 1.29 is 0 Å². The van der Waals surface area contributed by atoms with Crippen LogP contribution in [-0.4, -0.2) is 40.3 Å². The van der Waals surface area contributed by atoms with E-state index in [0.717, 1.165) is 22.9 Å². The van der Waals surface area contributed by atoms with Gasteiger partial charge in [0.05, 0.1) is 12.4 Å². The van der Waals surface area contributed by atoms with E-state index in [2.05, 4.69) is 54.2 Å². The Morgan fingerprint density at radius 3 is 1.68 bits per heavy atom. The highest BCUT2D eigenvalue weighted by Gasteiger charge is 2.07. The summed E-state index contributed by atoms with van der Waals surface area (Å²) in [7, 11) is 0. The Balaban J connectivity index is 0.000000161. The third-order valence-corrected chi connectivity index (χ3v) is 5.86. The van der Waals surface area contributed by atoms with Crippen molar-refractivity contribution in [3.05, 3.63) is 39.8 Å². The highest BCUT2D eigenvalue weighted by molar-refractivity contribution is 7.15. The number of anilines is 1. The van der Waals surface area contributed by atoms with Crippen LogP contribution in [0.5, 0.6) is 0 Å². The second-order valence-electron chi connectivity index (χ2n) is 5.28. The highest BCUT2D eigenvalue weighted by Crippen LogP contribution is 2.23. The van der Waals surface area contributed by atoms with Crippen molar-refractivity contribution in [2.24, 2.45) is 0 Å². The second kappa shape index (κ2) is 9.53. The van der Waals surface area contributed by atoms with Gasteiger partial charge in [0.2, 0.25) is 11.2 Å². The molecule has 0 fully saturated rings. The van der Waals surface area contributed by atoms with Crippen molar-refractivity contribution in [3.8, 4) is 21.4 Å². The molecular formula is C16H16ClN9S2. The van der Waals surface area contributed by atoms with E-state index in [9.17, 15) is 0 Å². The van der Waals surface area contributed by atoms with E-state index in [0.29, 0.717) is 11.4 Å². The summed E-state index contributed by atoms with van der Waals surface area (Å²) in [5.41, 5.74) is 6.67. The van der Waals surface area contributed by atoms with Crippen molar-refractivity contribution in [1.82, 2.24) is 40.3 Å². The summed E-state index contributed by atoms with van der Waals surface area (Å²) >= 11 is 8.72. The Bertz CT molecular complexity index is 932. The fourth-order valence-corrected chi connectivity index (χ4v) is 3.61. The van der Waals surface area contributed by atoms with Crippen LogP contribution in [0.25, 0.3) is 21.4 Å². The van der Waals surface area contributed by atoms with Crippen LogP contribution in [0, 0.1) is 0 Å². The van der Waals surface area contributed by atoms with Gasteiger partial charge in [-0.2, -0.15) is 0 Å². The maximum atomic E-state index is 5.53. The Morgan fingerprint density at radius 2 is 1.29 bits per heavy atom. The zero-order valence-corrected chi connectivity index (χ0v) is 17.5. The molecule has 0 unspecified atom stereocenters. The Hall–Kier alpha value is -2.63. The van der Waals surface area contributed by atoms with Crippen LogP contribution < -0.4 is 5.73 Å². The van der Waals surface area contributed by atoms with Crippen LogP contribution in [0.15, 0.2) is 24.8 Å². The van der Waals surface area contributed by atoms with E-state index < -0.39 is 0 Å². The van der Waals surface area contributed by atoms with Gasteiger partial charge < -0.3 is 5.73 Å². The van der Waals surface area contributed by atoms with Crippen molar-refractivity contribution >= 4 is 40.2 Å². The Labute approximate surface area is 174 Å². The lowest BCUT2D eigenvalue weighted by molar-refractivity contribution is 0.975. The third kappa shape index (κ3) is 5.21. The van der Waals surface area contributed by atoms with Gasteiger partial charge in [0, 0.05) is 22.1 Å². The quantitative estimate of drug-likeness (QED) is 0.514. The van der Waals surface area contributed by atoms with Crippen LogP contribution in [0.4, 0.5) is 5.95 Å². The van der Waals surface area contributed by atoms with Crippen LogP contribution in [0.1, 0.15) is 23.6 Å². The van der Waals surface area contributed by atoms with Crippen LogP contribution >= 0.6 is 34.3 Å². The zero-order chi connectivity index (χ0) is 19.9. The first kappa shape index (κ1) is 20.1. The van der Waals surface area contributed by atoms with Gasteiger partial charge in [0.1, 0.15) is 21.4 Å². The molecule has 0 bridgehead atoms.